The highest BCUT2D eigenvalue weighted by molar-refractivity contribution is 5.47. The molecule has 5 nitrogen and oxygen atoms in total. The summed E-state index contributed by atoms with van der Waals surface area (Å²) in [5, 5.41) is 0. The van der Waals surface area contributed by atoms with Crippen LogP contribution < -0.4 is 4.90 Å². The maximum absolute atomic E-state index is 4.78. The average molecular weight is 293 g/mol. The van der Waals surface area contributed by atoms with E-state index in [0.29, 0.717) is 5.92 Å². The molecule has 22 heavy (non-hydrogen) atoms. The molecule has 0 amide bonds. The van der Waals surface area contributed by atoms with Crippen LogP contribution in [0.2, 0.25) is 0 Å². The van der Waals surface area contributed by atoms with Crippen LogP contribution in [0.15, 0.2) is 43.0 Å². The Kier molecular flexibility index (Phi) is 3.25. The molecule has 1 aliphatic rings. The summed E-state index contributed by atoms with van der Waals surface area (Å²) in [6.45, 7) is 4.11. The van der Waals surface area contributed by atoms with Crippen LogP contribution in [-0.2, 0) is 0 Å². The van der Waals surface area contributed by atoms with Gasteiger partial charge < -0.3 is 4.90 Å². The number of hydrogen-bond acceptors (Lipinski definition) is 4. The van der Waals surface area contributed by atoms with E-state index >= 15 is 0 Å². The van der Waals surface area contributed by atoms with Gasteiger partial charge in [0.25, 0.3) is 0 Å². The molecule has 5 heteroatoms. The van der Waals surface area contributed by atoms with Gasteiger partial charge in [0.2, 0.25) is 0 Å². The van der Waals surface area contributed by atoms with Crippen molar-refractivity contribution in [2.45, 2.75) is 25.7 Å². The number of anilines is 1. The Hall–Kier alpha value is -2.43. The average Bonchev–Trinajstić information content (AvgIpc) is 3.05. The van der Waals surface area contributed by atoms with Crippen molar-refractivity contribution >= 4 is 11.3 Å². The number of aromatic nitrogens is 4. The normalized spacial score (nSPS) is 16.3. The lowest BCUT2D eigenvalue weighted by Gasteiger charge is -2.32. The Balaban J connectivity index is 1.53. The molecule has 0 spiro atoms. The van der Waals surface area contributed by atoms with Crippen molar-refractivity contribution in [2.75, 3.05) is 18.0 Å². The van der Waals surface area contributed by atoms with Crippen LogP contribution in [0.25, 0.3) is 5.52 Å². The van der Waals surface area contributed by atoms with E-state index in [1.165, 1.54) is 5.69 Å². The van der Waals surface area contributed by atoms with Gasteiger partial charge in [0.1, 0.15) is 18.0 Å². The minimum Gasteiger partial charge on any atom is -0.357 e. The van der Waals surface area contributed by atoms with Gasteiger partial charge in [-0.1, -0.05) is 6.07 Å². The number of pyridine rings is 1. The quantitative estimate of drug-likeness (QED) is 0.729. The van der Waals surface area contributed by atoms with Gasteiger partial charge in [-0.3, -0.25) is 4.40 Å². The van der Waals surface area contributed by atoms with E-state index in [1.807, 2.05) is 42.2 Å². The standard InChI is InChI=1S/C17H19N5/c1-13-20-16(10-15-11-18-12-22(13)15)14-5-8-21(9-6-14)17-4-2-3-7-19-17/h2-4,7,10-12,14H,5-6,8-9H2,1H3. The molecule has 1 fully saturated rings. The molecular weight excluding hydrogens is 274 g/mol. The Bertz CT molecular complexity index is 772. The molecule has 3 aromatic heterocycles. The third kappa shape index (κ3) is 2.32. The third-order valence-corrected chi connectivity index (χ3v) is 4.49. The predicted octanol–water partition coefficient (Wildman–Crippen LogP) is 2.82. The monoisotopic (exact) mass is 293 g/mol. The largest absolute Gasteiger partial charge is 0.357 e. The summed E-state index contributed by atoms with van der Waals surface area (Å²) in [5.41, 5.74) is 2.33. The molecule has 4 rings (SSSR count). The van der Waals surface area contributed by atoms with Crippen molar-refractivity contribution in [3.63, 3.8) is 0 Å². The van der Waals surface area contributed by atoms with Crippen LogP contribution in [0.1, 0.15) is 30.3 Å². The molecule has 0 radical (unpaired) electrons. The third-order valence-electron chi connectivity index (χ3n) is 4.49. The lowest BCUT2D eigenvalue weighted by atomic mass is 9.93. The van der Waals surface area contributed by atoms with Crippen LogP contribution in [0.5, 0.6) is 0 Å². The number of fused-ring (bicyclic) bond motifs is 1. The Morgan fingerprint density at radius 3 is 2.82 bits per heavy atom. The Morgan fingerprint density at radius 1 is 1.18 bits per heavy atom. The van der Waals surface area contributed by atoms with E-state index in [4.69, 9.17) is 4.98 Å². The second-order valence-corrected chi connectivity index (χ2v) is 5.87. The SMILES string of the molecule is Cc1nc(C2CCN(c3ccccn3)CC2)cc2cncn12. The summed E-state index contributed by atoms with van der Waals surface area (Å²) >= 11 is 0. The highest BCUT2D eigenvalue weighted by Gasteiger charge is 2.23. The minimum atomic E-state index is 0.526. The molecule has 0 N–H and O–H groups in total. The fraction of sp³-hybridized carbons (Fsp3) is 0.353. The van der Waals surface area contributed by atoms with E-state index in [1.54, 1.807) is 0 Å². The Labute approximate surface area is 129 Å². The van der Waals surface area contributed by atoms with Crippen molar-refractivity contribution in [3.05, 3.63) is 54.5 Å². The number of imidazole rings is 1. The molecule has 0 bridgehead atoms. The maximum atomic E-state index is 4.78. The van der Waals surface area contributed by atoms with Crippen molar-refractivity contribution in [1.29, 1.82) is 0 Å². The van der Waals surface area contributed by atoms with Crippen molar-refractivity contribution < 1.29 is 0 Å². The first-order valence-electron chi connectivity index (χ1n) is 7.77. The van der Waals surface area contributed by atoms with Crippen molar-refractivity contribution in [2.24, 2.45) is 0 Å². The fourth-order valence-corrected chi connectivity index (χ4v) is 3.26. The first kappa shape index (κ1) is 13.2. The van der Waals surface area contributed by atoms with Crippen molar-refractivity contribution in [1.82, 2.24) is 19.4 Å². The van der Waals surface area contributed by atoms with Crippen LogP contribution in [0.4, 0.5) is 5.82 Å². The lowest BCUT2D eigenvalue weighted by molar-refractivity contribution is 0.492. The topological polar surface area (TPSA) is 46.3 Å². The van der Waals surface area contributed by atoms with Gasteiger partial charge in [-0.05, 0) is 38.0 Å². The van der Waals surface area contributed by atoms with Gasteiger partial charge in [0.05, 0.1) is 11.7 Å². The van der Waals surface area contributed by atoms with Gasteiger partial charge in [0, 0.05) is 30.9 Å². The number of rotatable bonds is 2. The van der Waals surface area contributed by atoms with E-state index in [9.17, 15) is 0 Å². The molecule has 0 unspecified atom stereocenters. The molecule has 4 heterocycles. The van der Waals surface area contributed by atoms with E-state index in [-0.39, 0.29) is 0 Å². The molecule has 1 saturated heterocycles. The fourth-order valence-electron chi connectivity index (χ4n) is 3.26. The van der Waals surface area contributed by atoms with Gasteiger partial charge in [-0.15, -0.1) is 0 Å². The van der Waals surface area contributed by atoms with Gasteiger partial charge >= 0.3 is 0 Å². The summed E-state index contributed by atoms with van der Waals surface area (Å²) < 4.78 is 2.03. The summed E-state index contributed by atoms with van der Waals surface area (Å²) in [6.07, 6.45) is 7.83. The van der Waals surface area contributed by atoms with Crippen LogP contribution in [0.3, 0.4) is 0 Å². The van der Waals surface area contributed by atoms with E-state index < -0.39 is 0 Å². The predicted molar refractivity (Wildman–Crippen MR) is 86.1 cm³/mol. The van der Waals surface area contributed by atoms with Gasteiger partial charge in [-0.2, -0.15) is 0 Å². The van der Waals surface area contributed by atoms with Crippen LogP contribution in [0, 0.1) is 6.92 Å². The highest BCUT2D eigenvalue weighted by atomic mass is 15.2. The summed E-state index contributed by atoms with van der Waals surface area (Å²) in [4.78, 5) is 15.8. The molecule has 0 aliphatic carbocycles. The summed E-state index contributed by atoms with van der Waals surface area (Å²) in [5.74, 6) is 2.62. The molecule has 112 valence electrons. The molecule has 1 aliphatic heterocycles. The maximum Gasteiger partial charge on any atom is 0.128 e. The smallest absolute Gasteiger partial charge is 0.128 e. The molecule has 3 aromatic rings. The van der Waals surface area contributed by atoms with Gasteiger partial charge in [-0.25, -0.2) is 15.0 Å². The van der Waals surface area contributed by atoms with Gasteiger partial charge in [0.15, 0.2) is 0 Å². The highest BCUT2D eigenvalue weighted by Crippen LogP contribution is 2.29. The second-order valence-electron chi connectivity index (χ2n) is 5.87. The number of hydrogen-bond donors (Lipinski definition) is 0. The molecule has 0 atom stereocenters. The first-order valence-corrected chi connectivity index (χ1v) is 7.77. The first-order chi connectivity index (χ1) is 10.8. The van der Waals surface area contributed by atoms with Crippen molar-refractivity contribution in [3.8, 4) is 0 Å². The van der Waals surface area contributed by atoms with Crippen LogP contribution in [-0.4, -0.2) is 32.4 Å². The zero-order valence-corrected chi connectivity index (χ0v) is 12.7. The number of nitrogens with zero attached hydrogens (tertiary/aromatic N) is 5. The number of piperidine rings is 1. The zero-order valence-electron chi connectivity index (χ0n) is 12.7. The minimum absolute atomic E-state index is 0.526. The molecular formula is C17H19N5. The molecule has 0 aromatic carbocycles. The number of aryl methyl sites for hydroxylation is 1. The summed E-state index contributed by atoms with van der Waals surface area (Å²) in [7, 11) is 0. The van der Waals surface area contributed by atoms with E-state index in [2.05, 4.69) is 27.0 Å². The Morgan fingerprint density at radius 2 is 2.05 bits per heavy atom. The van der Waals surface area contributed by atoms with E-state index in [0.717, 1.165) is 43.1 Å². The zero-order chi connectivity index (χ0) is 14.9. The molecule has 0 saturated carbocycles. The van der Waals surface area contributed by atoms with Crippen LogP contribution >= 0.6 is 0 Å². The summed E-state index contributed by atoms with van der Waals surface area (Å²) in [6, 6.07) is 8.28. The lowest BCUT2D eigenvalue weighted by Crippen LogP contribution is -2.33. The second kappa shape index (κ2) is 5.40.